The van der Waals surface area contributed by atoms with Crippen molar-refractivity contribution in [3.05, 3.63) is 77.7 Å². The first kappa shape index (κ1) is 17.0. The highest BCUT2D eigenvalue weighted by Gasteiger charge is 2.30. The molecule has 0 aliphatic carbocycles. The lowest BCUT2D eigenvalue weighted by atomic mass is 10.2. The summed E-state index contributed by atoms with van der Waals surface area (Å²) in [6, 6.07) is 17.3. The van der Waals surface area contributed by atoms with Gasteiger partial charge in [0.1, 0.15) is 6.54 Å². The van der Waals surface area contributed by atoms with Crippen LogP contribution in [0.3, 0.4) is 0 Å². The van der Waals surface area contributed by atoms with Crippen LogP contribution in [0.25, 0.3) is 6.08 Å². The molecule has 1 N–H and O–H groups in total. The number of carbonyl (C=O) groups is 2. The molecule has 0 radical (unpaired) electrons. The van der Waals surface area contributed by atoms with Crippen molar-refractivity contribution in [2.75, 3.05) is 18.0 Å². The number of rotatable bonds is 5. The van der Waals surface area contributed by atoms with E-state index in [0.29, 0.717) is 11.4 Å². The van der Waals surface area contributed by atoms with Crippen molar-refractivity contribution in [3.8, 4) is 0 Å². The number of hydrogen-bond acceptors (Lipinski definition) is 3. The third-order valence-electron chi connectivity index (χ3n) is 3.67. The van der Waals surface area contributed by atoms with Gasteiger partial charge >= 0.3 is 0 Å². The minimum Gasteiger partial charge on any atom is -0.351 e. The molecule has 0 fully saturated rings. The van der Waals surface area contributed by atoms with Gasteiger partial charge in [0.25, 0.3) is 5.91 Å². The normalized spacial score (nSPS) is 15.0. The van der Waals surface area contributed by atoms with E-state index in [9.17, 15) is 9.59 Å². The zero-order valence-corrected chi connectivity index (χ0v) is 14.5. The number of benzene rings is 2. The maximum Gasteiger partial charge on any atom is 0.265 e. The number of amides is 2. The van der Waals surface area contributed by atoms with Gasteiger partial charge in [0.05, 0.1) is 10.6 Å². The van der Waals surface area contributed by atoms with Crippen molar-refractivity contribution < 1.29 is 9.59 Å². The van der Waals surface area contributed by atoms with E-state index in [1.165, 1.54) is 16.7 Å². The second kappa shape index (κ2) is 7.85. The number of fused-ring (bicyclic) bond motifs is 1. The molecule has 25 heavy (non-hydrogen) atoms. The molecule has 0 spiro atoms. The van der Waals surface area contributed by atoms with E-state index in [0.717, 1.165) is 16.1 Å². The van der Waals surface area contributed by atoms with E-state index in [1.807, 2.05) is 60.7 Å². The summed E-state index contributed by atoms with van der Waals surface area (Å²) < 4.78 is 0. The molecule has 2 aromatic carbocycles. The second-order valence-electron chi connectivity index (χ2n) is 5.47. The van der Waals surface area contributed by atoms with Crippen molar-refractivity contribution in [2.45, 2.75) is 4.90 Å². The Hall–Kier alpha value is -2.79. The lowest BCUT2D eigenvalue weighted by Gasteiger charge is -2.29. The molecule has 5 heteroatoms. The van der Waals surface area contributed by atoms with Gasteiger partial charge in [-0.15, -0.1) is 6.58 Å². The predicted octanol–water partition coefficient (Wildman–Crippen LogP) is 3.47. The molecular weight excluding hydrogens is 332 g/mol. The van der Waals surface area contributed by atoms with E-state index < -0.39 is 0 Å². The molecule has 1 aliphatic rings. The topological polar surface area (TPSA) is 49.4 Å². The van der Waals surface area contributed by atoms with Gasteiger partial charge in [0.15, 0.2) is 0 Å². The molecule has 0 saturated carbocycles. The monoisotopic (exact) mass is 350 g/mol. The number of carbonyl (C=O) groups excluding carboxylic acids is 2. The van der Waals surface area contributed by atoms with Crippen LogP contribution in [0.1, 0.15) is 5.56 Å². The molecule has 2 aromatic rings. The molecule has 0 saturated heterocycles. The summed E-state index contributed by atoms with van der Waals surface area (Å²) in [6.45, 7) is 3.94. The summed E-state index contributed by atoms with van der Waals surface area (Å²) in [5.41, 5.74) is 1.71. The Balaban J connectivity index is 1.92. The van der Waals surface area contributed by atoms with Gasteiger partial charge in [0, 0.05) is 11.4 Å². The van der Waals surface area contributed by atoms with Crippen molar-refractivity contribution in [1.82, 2.24) is 5.32 Å². The van der Waals surface area contributed by atoms with Crippen LogP contribution in [0.2, 0.25) is 0 Å². The van der Waals surface area contributed by atoms with E-state index >= 15 is 0 Å². The molecule has 4 nitrogen and oxygen atoms in total. The van der Waals surface area contributed by atoms with Crippen molar-refractivity contribution in [2.24, 2.45) is 0 Å². The Bertz CT molecular complexity index is 831. The number of para-hydroxylation sites is 1. The number of nitrogens with zero attached hydrogens (tertiary/aromatic N) is 1. The van der Waals surface area contributed by atoms with Crippen molar-refractivity contribution in [1.29, 1.82) is 0 Å². The Morgan fingerprint density at radius 3 is 2.60 bits per heavy atom. The molecule has 3 rings (SSSR count). The van der Waals surface area contributed by atoms with Crippen LogP contribution in [0.5, 0.6) is 0 Å². The molecule has 1 aliphatic heterocycles. The molecule has 1 heterocycles. The van der Waals surface area contributed by atoms with Crippen LogP contribution in [0, 0.1) is 0 Å². The van der Waals surface area contributed by atoms with Gasteiger partial charge in [-0.2, -0.15) is 0 Å². The first-order valence-electron chi connectivity index (χ1n) is 7.92. The lowest BCUT2D eigenvalue weighted by Crippen LogP contribution is -2.42. The molecule has 0 aromatic heterocycles. The maximum absolute atomic E-state index is 12.9. The molecular formula is C20H18N2O2S. The number of anilines is 1. The largest absolute Gasteiger partial charge is 0.351 e. The van der Waals surface area contributed by atoms with E-state index in [-0.39, 0.29) is 18.4 Å². The highest BCUT2D eigenvalue weighted by atomic mass is 32.2. The fraction of sp³-hybridized carbons (Fsp3) is 0.100. The zero-order valence-electron chi connectivity index (χ0n) is 13.6. The quantitative estimate of drug-likeness (QED) is 0.663. The smallest absolute Gasteiger partial charge is 0.265 e. The molecule has 0 atom stereocenters. The van der Waals surface area contributed by atoms with Crippen LogP contribution >= 0.6 is 11.8 Å². The zero-order chi connectivity index (χ0) is 17.6. The van der Waals surface area contributed by atoms with E-state index in [4.69, 9.17) is 0 Å². The molecule has 2 amide bonds. The summed E-state index contributed by atoms with van der Waals surface area (Å²) in [4.78, 5) is 28.1. The number of nitrogens with one attached hydrogen (secondary N) is 1. The van der Waals surface area contributed by atoms with Crippen LogP contribution < -0.4 is 10.2 Å². The lowest BCUT2D eigenvalue weighted by molar-refractivity contribution is -0.122. The summed E-state index contributed by atoms with van der Waals surface area (Å²) in [5, 5.41) is 2.72. The van der Waals surface area contributed by atoms with Crippen LogP contribution in [0.15, 0.2) is 77.1 Å². The van der Waals surface area contributed by atoms with Crippen LogP contribution in [0.4, 0.5) is 5.69 Å². The van der Waals surface area contributed by atoms with Crippen molar-refractivity contribution in [3.63, 3.8) is 0 Å². The summed E-state index contributed by atoms with van der Waals surface area (Å²) in [5.74, 6) is -0.379. The van der Waals surface area contributed by atoms with Gasteiger partial charge in [-0.25, -0.2) is 0 Å². The summed E-state index contributed by atoms with van der Waals surface area (Å²) in [6.07, 6.45) is 3.47. The third kappa shape index (κ3) is 4.00. The minimum absolute atomic E-state index is 0.0175. The minimum atomic E-state index is -0.214. The second-order valence-corrected chi connectivity index (χ2v) is 6.56. The predicted molar refractivity (Wildman–Crippen MR) is 102 cm³/mol. The third-order valence-corrected chi connectivity index (χ3v) is 4.75. The molecule has 0 bridgehead atoms. The average Bonchev–Trinajstić information content (AvgIpc) is 2.64. The molecule has 0 unspecified atom stereocenters. The van der Waals surface area contributed by atoms with E-state index in [1.54, 1.807) is 6.08 Å². The number of hydrogen-bond donors (Lipinski definition) is 1. The van der Waals surface area contributed by atoms with Gasteiger partial charge in [0.2, 0.25) is 5.91 Å². The van der Waals surface area contributed by atoms with Crippen molar-refractivity contribution >= 4 is 35.3 Å². The first-order chi connectivity index (χ1) is 12.2. The average molecular weight is 350 g/mol. The Labute approximate surface area is 151 Å². The summed E-state index contributed by atoms with van der Waals surface area (Å²) >= 11 is 1.43. The van der Waals surface area contributed by atoms with Crippen LogP contribution in [-0.4, -0.2) is 24.9 Å². The Morgan fingerprint density at radius 2 is 1.84 bits per heavy atom. The highest BCUT2D eigenvalue weighted by Crippen LogP contribution is 2.41. The standard InChI is InChI=1S/C20H18N2O2S/c1-2-12-21-19(23)14-22-16-10-6-7-11-17(16)25-18(20(22)24)13-15-8-4-3-5-9-15/h2-11,13H,1,12,14H2,(H,21,23). The number of thioether (sulfide) groups is 1. The van der Waals surface area contributed by atoms with E-state index in [2.05, 4.69) is 11.9 Å². The van der Waals surface area contributed by atoms with Gasteiger partial charge < -0.3 is 5.32 Å². The Kier molecular flexibility index (Phi) is 5.36. The van der Waals surface area contributed by atoms with Gasteiger partial charge in [-0.1, -0.05) is 60.3 Å². The Morgan fingerprint density at radius 1 is 1.12 bits per heavy atom. The first-order valence-corrected chi connectivity index (χ1v) is 8.74. The van der Waals surface area contributed by atoms with Crippen LogP contribution in [-0.2, 0) is 9.59 Å². The maximum atomic E-state index is 12.9. The highest BCUT2D eigenvalue weighted by molar-refractivity contribution is 8.04. The van der Waals surface area contributed by atoms with Gasteiger partial charge in [-0.05, 0) is 23.8 Å². The molecule has 126 valence electrons. The fourth-order valence-electron chi connectivity index (χ4n) is 2.51. The SMILES string of the molecule is C=CCNC(=O)CN1C(=O)C(=Cc2ccccc2)Sc2ccccc21. The summed E-state index contributed by atoms with van der Waals surface area (Å²) in [7, 11) is 0. The fourth-order valence-corrected chi connectivity index (χ4v) is 3.56. The van der Waals surface area contributed by atoms with Gasteiger partial charge in [-0.3, -0.25) is 14.5 Å².